The summed E-state index contributed by atoms with van der Waals surface area (Å²) in [7, 11) is 0. The van der Waals surface area contributed by atoms with E-state index in [4.69, 9.17) is 0 Å². The average Bonchev–Trinajstić information content (AvgIpc) is 2.92. The molecule has 2 aromatic carbocycles. The number of nitrogens with zero attached hydrogens (tertiary/aromatic N) is 1. The van der Waals surface area contributed by atoms with E-state index in [1.165, 1.54) is 35.6 Å². The molecular formula is C15H10FNO2S. The first-order valence-electron chi connectivity index (χ1n) is 5.87. The monoisotopic (exact) mass is 287 g/mol. The van der Waals surface area contributed by atoms with Gasteiger partial charge >= 0.3 is 0 Å². The fraction of sp³-hybridized carbons (Fsp3) is 0. The first-order chi connectivity index (χ1) is 9.63. The van der Waals surface area contributed by atoms with E-state index < -0.39 is 0 Å². The second-order valence-corrected chi connectivity index (χ2v) is 5.11. The highest BCUT2D eigenvalue weighted by Crippen LogP contribution is 2.33. The normalized spacial score (nSPS) is 10.7. The van der Waals surface area contributed by atoms with Crippen LogP contribution in [-0.4, -0.2) is 15.2 Å². The summed E-state index contributed by atoms with van der Waals surface area (Å²) in [5.41, 5.74) is 2.30. The van der Waals surface area contributed by atoms with Crippen LogP contribution in [0.25, 0.3) is 21.8 Å². The van der Waals surface area contributed by atoms with Crippen molar-refractivity contribution in [3.8, 4) is 33.3 Å². The largest absolute Gasteiger partial charge is 0.504 e. The predicted molar refractivity (Wildman–Crippen MR) is 76.3 cm³/mol. The van der Waals surface area contributed by atoms with Crippen molar-refractivity contribution in [2.45, 2.75) is 0 Å². The molecule has 3 rings (SSSR count). The van der Waals surface area contributed by atoms with Gasteiger partial charge in [0.05, 0.1) is 5.69 Å². The van der Waals surface area contributed by atoms with Crippen molar-refractivity contribution < 1.29 is 14.6 Å². The van der Waals surface area contributed by atoms with Crippen LogP contribution in [0.5, 0.6) is 11.5 Å². The van der Waals surface area contributed by atoms with Crippen molar-refractivity contribution in [3.05, 3.63) is 53.7 Å². The van der Waals surface area contributed by atoms with Crippen LogP contribution in [0.2, 0.25) is 0 Å². The van der Waals surface area contributed by atoms with Crippen molar-refractivity contribution in [3.63, 3.8) is 0 Å². The van der Waals surface area contributed by atoms with Crippen molar-refractivity contribution >= 4 is 11.3 Å². The Balaban J connectivity index is 1.97. The molecule has 0 aliphatic rings. The fourth-order valence-electron chi connectivity index (χ4n) is 1.82. The zero-order valence-corrected chi connectivity index (χ0v) is 11.1. The first kappa shape index (κ1) is 12.6. The summed E-state index contributed by atoms with van der Waals surface area (Å²) >= 11 is 1.42. The molecule has 0 saturated carbocycles. The Kier molecular flexibility index (Phi) is 3.12. The van der Waals surface area contributed by atoms with E-state index in [0.717, 1.165) is 21.8 Å². The number of aromatic nitrogens is 1. The SMILES string of the molecule is Oc1ccc(-c2nc(-c3ccc(F)cc3)cs2)cc1O. The van der Waals surface area contributed by atoms with Gasteiger partial charge in [0.25, 0.3) is 0 Å². The Morgan fingerprint density at radius 2 is 1.60 bits per heavy atom. The molecule has 0 bridgehead atoms. The predicted octanol–water partition coefficient (Wildman–Crippen LogP) is 4.03. The van der Waals surface area contributed by atoms with Gasteiger partial charge < -0.3 is 10.2 Å². The maximum absolute atomic E-state index is 12.9. The second-order valence-electron chi connectivity index (χ2n) is 4.25. The molecule has 0 radical (unpaired) electrons. The Labute approximate surface area is 118 Å². The van der Waals surface area contributed by atoms with Gasteiger partial charge in [-0.2, -0.15) is 0 Å². The smallest absolute Gasteiger partial charge is 0.158 e. The van der Waals surface area contributed by atoms with Crippen molar-refractivity contribution in [1.82, 2.24) is 4.98 Å². The lowest BCUT2D eigenvalue weighted by Crippen LogP contribution is -1.81. The van der Waals surface area contributed by atoms with E-state index in [1.54, 1.807) is 18.2 Å². The highest BCUT2D eigenvalue weighted by atomic mass is 32.1. The standard InChI is InChI=1S/C15H10FNO2S/c16-11-4-1-9(2-5-11)12-8-20-15(17-12)10-3-6-13(18)14(19)7-10/h1-8,18-19H. The van der Waals surface area contributed by atoms with Gasteiger partial charge in [-0.25, -0.2) is 9.37 Å². The number of thiazole rings is 1. The topological polar surface area (TPSA) is 53.4 Å². The minimum Gasteiger partial charge on any atom is -0.504 e. The maximum atomic E-state index is 12.9. The minimum atomic E-state index is -0.285. The number of hydrogen-bond acceptors (Lipinski definition) is 4. The lowest BCUT2D eigenvalue weighted by Gasteiger charge is -2.00. The van der Waals surface area contributed by atoms with Crippen LogP contribution in [0.3, 0.4) is 0 Å². The van der Waals surface area contributed by atoms with E-state index in [9.17, 15) is 14.6 Å². The zero-order chi connectivity index (χ0) is 14.1. The fourth-order valence-corrected chi connectivity index (χ4v) is 2.64. The van der Waals surface area contributed by atoms with Crippen LogP contribution in [0.4, 0.5) is 4.39 Å². The van der Waals surface area contributed by atoms with Gasteiger partial charge in [-0.3, -0.25) is 0 Å². The molecule has 2 N–H and O–H groups in total. The molecule has 0 aliphatic heterocycles. The second kappa shape index (κ2) is 4.94. The van der Waals surface area contributed by atoms with Gasteiger partial charge in [0.2, 0.25) is 0 Å². The quantitative estimate of drug-likeness (QED) is 0.700. The number of benzene rings is 2. The minimum absolute atomic E-state index is 0.163. The lowest BCUT2D eigenvalue weighted by atomic mass is 10.1. The lowest BCUT2D eigenvalue weighted by molar-refractivity contribution is 0.404. The number of rotatable bonds is 2. The maximum Gasteiger partial charge on any atom is 0.158 e. The average molecular weight is 287 g/mol. The van der Waals surface area contributed by atoms with E-state index in [1.807, 2.05) is 5.38 Å². The summed E-state index contributed by atoms with van der Waals surface area (Å²) in [5, 5.41) is 21.4. The van der Waals surface area contributed by atoms with Gasteiger partial charge in [-0.1, -0.05) is 0 Å². The number of halogens is 1. The molecular weight excluding hydrogens is 277 g/mol. The summed E-state index contributed by atoms with van der Waals surface area (Å²) in [6.45, 7) is 0. The molecule has 0 spiro atoms. The van der Waals surface area contributed by atoms with Gasteiger partial charge in [-0.05, 0) is 42.5 Å². The number of hydrogen-bond donors (Lipinski definition) is 2. The molecule has 0 amide bonds. The van der Waals surface area contributed by atoms with Crippen LogP contribution in [0.1, 0.15) is 0 Å². The number of phenolic OH excluding ortho intramolecular Hbond substituents is 2. The highest BCUT2D eigenvalue weighted by Gasteiger charge is 2.09. The van der Waals surface area contributed by atoms with E-state index in [0.29, 0.717) is 0 Å². The van der Waals surface area contributed by atoms with Crippen molar-refractivity contribution in [2.24, 2.45) is 0 Å². The summed E-state index contributed by atoms with van der Waals surface area (Å²) in [4.78, 5) is 4.45. The zero-order valence-electron chi connectivity index (χ0n) is 10.2. The van der Waals surface area contributed by atoms with Crippen LogP contribution < -0.4 is 0 Å². The van der Waals surface area contributed by atoms with Crippen LogP contribution in [0, 0.1) is 5.82 Å². The third-order valence-electron chi connectivity index (χ3n) is 2.87. The molecule has 3 aromatic rings. The Morgan fingerprint density at radius 3 is 2.30 bits per heavy atom. The van der Waals surface area contributed by atoms with Crippen LogP contribution in [-0.2, 0) is 0 Å². The molecule has 20 heavy (non-hydrogen) atoms. The number of aromatic hydroxyl groups is 2. The third-order valence-corrected chi connectivity index (χ3v) is 3.76. The van der Waals surface area contributed by atoms with Gasteiger partial charge in [-0.15, -0.1) is 11.3 Å². The molecule has 3 nitrogen and oxygen atoms in total. The molecule has 0 atom stereocenters. The first-order valence-corrected chi connectivity index (χ1v) is 6.75. The third kappa shape index (κ3) is 2.35. The van der Waals surface area contributed by atoms with E-state index in [2.05, 4.69) is 4.98 Å². The Morgan fingerprint density at radius 1 is 0.900 bits per heavy atom. The van der Waals surface area contributed by atoms with Crippen LogP contribution >= 0.6 is 11.3 Å². The summed E-state index contributed by atoms with van der Waals surface area (Å²) in [6, 6.07) is 10.7. The van der Waals surface area contributed by atoms with E-state index in [-0.39, 0.29) is 17.3 Å². The summed E-state index contributed by atoms with van der Waals surface area (Å²) in [5.74, 6) is -0.627. The highest BCUT2D eigenvalue weighted by molar-refractivity contribution is 7.13. The van der Waals surface area contributed by atoms with Crippen molar-refractivity contribution in [2.75, 3.05) is 0 Å². The molecule has 0 fully saturated rings. The summed E-state index contributed by atoms with van der Waals surface area (Å²) < 4.78 is 12.9. The molecule has 1 aromatic heterocycles. The molecule has 1 heterocycles. The van der Waals surface area contributed by atoms with Gasteiger partial charge in [0.15, 0.2) is 11.5 Å². The molecule has 0 unspecified atom stereocenters. The molecule has 100 valence electrons. The Bertz CT molecular complexity index is 753. The number of phenols is 2. The molecule has 5 heteroatoms. The molecule has 0 saturated heterocycles. The van der Waals surface area contributed by atoms with E-state index >= 15 is 0 Å². The van der Waals surface area contributed by atoms with Gasteiger partial charge in [0, 0.05) is 16.5 Å². The van der Waals surface area contributed by atoms with Gasteiger partial charge in [0.1, 0.15) is 10.8 Å². The summed E-state index contributed by atoms with van der Waals surface area (Å²) in [6.07, 6.45) is 0. The van der Waals surface area contributed by atoms with Crippen LogP contribution in [0.15, 0.2) is 47.8 Å². The van der Waals surface area contributed by atoms with Crippen molar-refractivity contribution in [1.29, 1.82) is 0 Å². The molecule has 0 aliphatic carbocycles. The Hall–Kier alpha value is -2.40.